The Kier molecular flexibility index (Phi) is 2.47. The fraction of sp³-hybridized carbons (Fsp3) is 0.100. The van der Waals surface area contributed by atoms with Gasteiger partial charge in [0.2, 0.25) is 6.41 Å². The molecule has 1 amide bonds. The van der Waals surface area contributed by atoms with E-state index >= 15 is 0 Å². The van der Waals surface area contributed by atoms with E-state index in [0.717, 1.165) is 16.6 Å². The number of hydrogen-bond acceptors (Lipinski definition) is 3. The number of anilines is 1. The van der Waals surface area contributed by atoms with Crippen LogP contribution in [0.15, 0.2) is 23.6 Å². The lowest BCUT2D eigenvalue weighted by Crippen LogP contribution is -1.95. The van der Waals surface area contributed by atoms with Crippen LogP contribution in [-0.4, -0.2) is 6.41 Å². The number of nitrogens with two attached hydrogens (primary N) is 1. The number of carbonyl (C=O) groups is 1. The van der Waals surface area contributed by atoms with Gasteiger partial charge in [0.1, 0.15) is 0 Å². The topological polar surface area (TPSA) is 55.1 Å². The summed E-state index contributed by atoms with van der Waals surface area (Å²) in [7, 11) is 0. The van der Waals surface area contributed by atoms with Gasteiger partial charge in [0.05, 0.1) is 0 Å². The first-order chi connectivity index (χ1) is 6.85. The minimum absolute atomic E-state index is 0.532. The summed E-state index contributed by atoms with van der Waals surface area (Å²) in [6.07, 6.45) is 0.676. The van der Waals surface area contributed by atoms with E-state index < -0.39 is 0 Å². The number of thiophene rings is 1. The molecule has 72 valence electrons. The molecule has 0 aliphatic rings. The third-order valence-electron chi connectivity index (χ3n) is 2.10. The largest absolute Gasteiger partial charge is 0.329 e. The molecule has 0 aliphatic carbocycles. The summed E-state index contributed by atoms with van der Waals surface area (Å²) >= 11 is 1.67. The maximum atomic E-state index is 10.3. The molecule has 0 fully saturated rings. The van der Waals surface area contributed by atoms with Gasteiger partial charge in [-0.3, -0.25) is 4.79 Å². The van der Waals surface area contributed by atoms with E-state index in [-0.39, 0.29) is 0 Å². The molecule has 0 unspecified atom stereocenters. The Hall–Kier alpha value is -1.39. The Morgan fingerprint density at radius 1 is 1.50 bits per heavy atom. The zero-order valence-electron chi connectivity index (χ0n) is 7.49. The molecular formula is C10H10N2OS. The monoisotopic (exact) mass is 206 g/mol. The number of amides is 1. The van der Waals surface area contributed by atoms with Crippen molar-refractivity contribution in [2.24, 2.45) is 5.73 Å². The van der Waals surface area contributed by atoms with Crippen molar-refractivity contribution in [2.45, 2.75) is 6.54 Å². The minimum atomic E-state index is 0.532. The Balaban J connectivity index is 2.55. The smallest absolute Gasteiger partial charge is 0.211 e. The van der Waals surface area contributed by atoms with E-state index in [1.165, 1.54) is 4.70 Å². The zero-order valence-corrected chi connectivity index (χ0v) is 8.30. The molecule has 0 spiro atoms. The Labute approximate surface area is 85.5 Å². The van der Waals surface area contributed by atoms with Crippen molar-refractivity contribution in [3.63, 3.8) is 0 Å². The lowest BCUT2D eigenvalue weighted by Gasteiger charge is -1.99. The van der Waals surface area contributed by atoms with E-state index in [0.29, 0.717) is 13.0 Å². The second-order valence-corrected chi connectivity index (χ2v) is 3.85. The molecule has 0 atom stereocenters. The third kappa shape index (κ3) is 1.49. The fourth-order valence-electron chi connectivity index (χ4n) is 1.40. The summed E-state index contributed by atoms with van der Waals surface area (Å²) in [5, 5.41) is 5.80. The van der Waals surface area contributed by atoms with Crippen LogP contribution < -0.4 is 11.1 Å². The number of nitrogens with one attached hydrogen (secondary N) is 1. The molecule has 4 heteroatoms. The molecule has 0 saturated carbocycles. The van der Waals surface area contributed by atoms with Crippen LogP contribution in [0.1, 0.15) is 5.56 Å². The second kappa shape index (κ2) is 3.77. The predicted octanol–water partition coefficient (Wildman–Crippen LogP) is 1.93. The van der Waals surface area contributed by atoms with E-state index in [2.05, 4.69) is 10.7 Å². The van der Waals surface area contributed by atoms with Gasteiger partial charge in [-0.25, -0.2) is 0 Å². The Morgan fingerprint density at radius 2 is 2.36 bits per heavy atom. The average molecular weight is 206 g/mol. The first-order valence-corrected chi connectivity index (χ1v) is 5.13. The van der Waals surface area contributed by atoms with Gasteiger partial charge in [-0.05, 0) is 34.5 Å². The van der Waals surface area contributed by atoms with Crippen LogP contribution in [0.5, 0.6) is 0 Å². The highest BCUT2D eigenvalue weighted by Gasteiger charge is 2.02. The van der Waals surface area contributed by atoms with Crippen molar-refractivity contribution in [1.82, 2.24) is 0 Å². The molecule has 3 nitrogen and oxygen atoms in total. The average Bonchev–Trinajstić information content (AvgIpc) is 2.60. The molecule has 0 radical (unpaired) electrons. The number of hydrogen-bond donors (Lipinski definition) is 2. The van der Waals surface area contributed by atoms with Gasteiger partial charge in [0, 0.05) is 16.9 Å². The fourth-order valence-corrected chi connectivity index (χ4v) is 2.35. The van der Waals surface area contributed by atoms with Crippen LogP contribution >= 0.6 is 11.3 Å². The highest BCUT2D eigenvalue weighted by molar-refractivity contribution is 7.17. The SMILES string of the molecule is NCc1csc2ccc(NC=O)cc12. The molecule has 0 aliphatic heterocycles. The van der Waals surface area contributed by atoms with Crippen LogP contribution in [0.4, 0.5) is 5.69 Å². The standard InChI is InChI=1S/C10H10N2OS/c11-4-7-5-14-10-2-1-8(12-6-13)3-9(7)10/h1-3,5-6H,4,11H2,(H,12,13). The molecule has 1 aromatic heterocycles. The van der Waals surface area contributed by atoms with Gasteiger partial charge < -0.3 is 11.1 Å². The van der Waals surface area contributed by atoms with E-state index in [9.17, 15) is 4.79 Å². The quantitative estimate of drug-likeness (QED) is 0.754. The summed E-state index contributed by atoms with van der Waals surface area (Å²) in [6, 6.07) is 5.82. The Morgan fingerprint density at radius 3 is 3.07 bits per heavy atom. The molecule has 0 bridgehead atoms. The van der Waals surface area contributed by atoms with E-state index in [1.807, 2.05) is 18.2 Å². The lowest BCUT2D eigenvalue weighted by molar-refractivity contribution is -0.105. The lowest BCUT2D eigenvalue weighted by atomic mass is 10.1. The van der Waals surface area contributed by atoms with Crippen molar-refractivity contribution in [3.8, 4) is 0 Å². The molecule has 14 heavy (non-hydrogen) atoms. The zero-order chi connectivity index (χ0) is 9.97. The van der Waals surface area contributed by atoms with Crippen molar-refractivity contribution in [3.05, 3.63) is 29.1 Å². The summed E-state index contributed by atoms with van der Waals surface area (Å²) in [6.45, 7) is 0.532. The third-order valence-corrected chi connectivity index (χ3v) is 3.11. The van der Waals surface area contributed by atoms with Gasteiger partial charge in [0.15, 0.2) is 0 Å². The van der Waals surface area contributed by atoms with E-state index in [1.54, 1.807) is 11.3 Å². The van der Waals surface area contributed by atoms with Crippen molar-refractivity contribution >= 4 is 33.5 Å². The second-order valence-electron chi connectivity index (χ2n) is 2.94. The van der Waals surface area contributed by atoms with Crippen LogP contribution in [0, 0.1) is 0 Å². The first-order valence-electron chi connectivity index (χ1n) is 4.25. The van der Waals surface area contributed by atoms with Crippen molar-refractivity contribution in [2.75, 3.05) is 5.32 Å². The summed E-state index contributed by atoms with van der Waals surface area (Å²) < 4.78 is 1.20. The maximum Gasteiger partial charge on any atom is 0.211 e. The molecule has 3 N–H and O–H groups in total. The molecule has 1 heterocycles. The number of carbonyl (C=O) groups excluding carboxylic acids is 1. The summed E-state index contributed by atoms with van der Waals surface area (Å²) in [5.74, 6) is 0. The van der Waals surface area contributed by atoms with Gasteiger partial charge in [-0.2, -0.15) is 0 Å². The normalized spacial score (nSPS) is 10.4. The predicted molar refractivity (Wildman–Crippen MR) is 59.4 cm³/mol. The molecular weight excluding hydrogens is 196 g/mol. The molecule has 1 aromatic carbocycles. The van der Waals surface area contributed by atoms with Gasteiger partial charge >= 0.3 is 0 Å². The van der Waals surface area contributed by atoms with Crippen LogP contribution in [0.2, 0.25) is 0 Å². The van der Waals surface area contributed by atoms with Gasteiger partial charge in [-0.15, -0.1) is 11.3 Å². The van der Waals surface area contributed by atoms with Crippen LogP contribution in [-0.2, 0) is 11.3 Å². The van der Waals surface area contributed by atoms with Crippen molar-refractivity contribution < 1.29 is 4.79 Å². The van der Waals surface area contributed by atoms with Crippen molar-refractivity contribution in [1.29, 1.82) is 0 Å². The van der Waals surface area contributed by atoms with Crippen LogP contribution in [0.3, 0.4) is 0 Å². The van der Waals surface area contributed by atoms with Crippen LogP contribution in [0.25, 0.3) is 10.1 Å². The number of benzene rings is 1. The Bertz CT molecular complexity index is 464. The summed E-state index contributed by atoms with van der Waals surface area (Å²) in [4.78, 5) is 10.3. The number of fused-ring (bicyclic) bond motifs is 1. The highest BCUT2D eigenvalue weighted by atomic mass is 32.1. The van der Waals surface area contributed by atoms with Gasteiger partial charge in [0.25, 0.3) is 0 Å². The van der Waals surface area contributed by atoms with Gasteiger partial charge in [-0.1, -0.05) is 0 Å². The first kappa shape index (κ1) is 9.18. The van der Waals surface area contributed by atoms with E-state index in [4.69, 9.17) is 5.73 Å². The summed E-state index contributed by atoms with van der Waals surface area (Å²) in [5.41, 5.74) is 7.53. The number of rotatable bonds is 3. The molecule has 2 aromatic rings. The molecule has 2 rings (SSSR count). The highest BCUT2D eigenvalue weighted by Crippen LogP contribution is 2.28. The molecule has 0 saturated heterocycles. The minimum Gasteiger partial charge on any atom is -0.329 e. The maximum absolute atomic E-state index is 10.3.